The van der Waals surface area contributed by atoms with Crippen molar-refractivity contribution in [2.75, 3.05) is 0 Å². The summed E-state index contributed by atoms with van der Waals surface area (Å²) in [6.07, 6.45) is 6.72. The van der Waals surface area contributed by atoms with Crippen molar-refractivity contribution in [3.63, 3.8) is 0 Å². The maximum atomic E-state index is 4.16. The largest absolute Gasteiger partial charge is 0.344 e. The van der Waals surface area contributed by atoms with Crippen molar-refractivity contribution in [3.05, 3.63) is 55.4 Å². The molecule has 3 rings (SSSR count). The third kappa shape index (κ3) is 2.14. The number of fused-ring (bicyclic) bond motifs is 3. The fraction of sp³-hybridized carbons (Fsp3) is 0.188. The molecule has 92 valence electrons. The van der Waals surface area contributed by atoms with Gasteiger partial charge in [0.1, 0.15) is 0 Å². The Morgan fingerprint density at radius 2 is 1.83 bits per heavy atom. The molecule has 0 fully saturated rings. The van der Waals surface area contributed by atoms with Gasteiger partial charge in [-0.3, -0.25) is 4.98 Å². The van der Waals surface area contributed by atoms with Gasteiger partial charge in [0.25, 0.3) is 0 Å². The second-order valence-electron chi connectivity index (χ2n) is 4.17. The molecule has 2 heteroatoms. The number of aromatic nitrogens is 2. The van der Waals surface area contributed by atoms with Gasteiger partial charge >= 0.3 is 0 Å². The van der Waals surface area contributed by atoms with E-state index in [9.17, 15) is 0 Å². The van der Waals surface area contributed by atoms with Gasteiger partial charge in [-0.2, -0.15) is 0 Å². The van der Waals surface area contributed by atoms with E-state index in [1.54, 1.807) is 0 Å². The third-order valence-corrected chi connectivity index (χ3v) is 3.00. The average Bonchev–Trinajstić information content (AvgIpc) is 2.74. The van der Waals surface area contributed by atoms with Crippen molar-refractivity contribution in [2.24, 2.45) is 7.05 Å². The molecule has 0 bridgehead atoms. The highest BCUT2D eigenvalue weighted by atomic mass is 14.9. The Kier molecular flexibility index (Phi) is 3.78. The van der Waals surface area contributed by atoms with E-state index < -0.39 is 0 Å². The van der Waals surface area contributed by atoms with Crippen LogP contribution in [0.5, 0.6) is 0 Å². The smallest absolute Gasteiger partial charge is 0.0519 e. The van der Waals surface area contributed by atoms with E-state index in [4.69, 9.17) is 0 Å². The molecule has 1 aromatic carbocycles. The molecule has 0 saturated carbocycles. The molecule has 0 radical (unpaired) electrons. The van der Waals surface area contributed by atoms with Gasteiger partial charge in [-0.15, -0.1) is 6.58 Å². The molecule has 0 spiro atoms. The fourth-order valence-corrected chi connectivity index (χ4v) is 2.01. The summed E-state index contributed by atoms with van der Waals surface area (Å²) in [5.74, 6) is 0. The Morgan fingerprint density at radius 3 is 2.56 bits per heavy atom. The van der Waals surface area contributed by atoms with E-state index in [1.165, 1.54) is 21.8 Å². The van der Waals surface area contributed by atoms with Crippen LogP contribution < -0.4 is 0 Å². The van der Waals surface area contributed by atoms with Gasteiger partial charge in [-0.05, 0) is 18.6 Å². The maximum Gasteiger partial charge on any atom is 0.0519 e. The topological polar surface area (TPSA) is 17.8 Å². The summed E-state index contributed by atoms with van der Waals surface area (Å²) < 4.78 is 2.20. The molecular weight excluding hydrogens is 220 g/mol. The van der Waals surface area contributed by atoms with Crippen LogP contribution in [-0.4, -0.2) is 9.55 Å². The summed E-state index contributed by atoms with van der Waals surface area (Å²) in [5.41, 5.74) is 2.50. The highest BCUT2D eigenvalue weighted by Gasteiger charge is 2.05. The minimum Gasteiger partial charge on any atom is -0.344 e. The predicted octanol–water partition coefficient (Wildman–Crippen LogP) is 4.31. The third-order valence-electron chi connectivity index (χ3n) is 3.00. The molecule has 3 aromatic rings. The molecule has 0 amide bonds. The lowest BCUT2D eigenvalue weighted by Crippen LogP contribution is -1.85. The normalized spacial score (nSPS) is 10.1. The number of para-hydroxylation sites is 1. The van der Waals surface area contributed by atoms with Crippen molar-refractivity contribution in [1.29, 1.82) is 0 Å². The zero-order chi connectivity index (χ0) is 13.0. The molecule has 0 N–H and O–H groups in total. The van der Waals surface area contributed by atoms with E-state index in [0.29, 0.717) is 0 Å². The van der Waals surface area contributed by atoms with Gasteiger partial charge in [0.2, 0.25) is 0 Å². The second kappa shape index (κ2) is 5.50. The highest BCUT2D eigenvalue weighted by molar-refractivity contribution is 6.07. The number of pyridine rings is 1. The molecule has 0 unspecified atom stereocenters. The van der Waals surface area contributed by atoms with Crippen LogP contribution in [0.25, 0.3) is 21.8 Å². The van der Waals surface area contributed by atoms with Crippen LogP contribution in [0, 0.1) is 0 Å². The maximum absolute atomic E-state index is 4.16. The number of hydrogen-bond acceptors (Lipinski definition) is 1. The predicted molar refractivity (Wildman–Crippen MR) is 78.7 cm³/mol. The lowest BCUT2D eigenvalue weighted by Gasteiger charge is -1.95. The molecule has 18 heavy (non-hydrogen) atoms. The van der Waals surface area contributed by atoms with Gasteiger partial charge in [-0.25, -0.2) is 0 Å². The first kappa shape index (κ1) is 12.4. The molecule has 0 saturated heterocycles. The van der Waals surface area contributed by atoms with Gasteiger partial charge in [0.05, 0.1) is 5.52 Å². The van der Waals surface area contributed by atoms with Crippen molar-refractivity contribution >= 4 is 21.8 Å². The van der Waals surface area contributed by atoms with Crippen molar-refractivity contribution in [2.45, 2.75) is 13.3 Å². The van der Waals surface area contributed by atoms with E-state index in [0.717, 1.165) is 6.42 Å². The number of benzene rings is 1. The van der Waals surface area contributed by atoms with Crippen LogP contribution in [0.1, 0.15) is 13.3 Å². The Morgan fingerprint density at radius 1 is 1.17 bits per heavy atom. The molecule has 0 atom stereocenters. The molecule has 2 nitrogen and oxygen atoms in total. The minimum atomic E-state index is 1.08. The van der Waals surface area contributed by atoms with Crippen LogP contribution in [0.3, 0.4) is 0 Å². The van der Waals surface area contributed by atoms with Crippen molar-refractivity contribution in [1.82, 2.24) is 9.55 Å². The van der Waals surface area contributed by atoms with E-state index in [2.05, 4.69) is 60.4 Å². The summed E-state index contributed by atoms with van der Waals surface area (Å²) in [4.78, 5) is 4.16. The quantitative estimate of drug-likeness (QED) is 0.578. The van der Waals surface area contributed by atoms with Crippen molar-refractivity contribution in [3.8, 4) is 0 Å². The van der Waals surface area contributed by atoms with Gasteiger partial charge in [-0.1, -0.05) is 31.2 Å². The minimum absolute atomic E-state index is 1.08. The number of rotatable bonds is 1. The lowest BCUT2D eigenvalue weighted by atomic mass is 10.2. The molecule has 0 aliphatic heterocycles. The Labute approximate surface area is 108 Å². The van der Waals surface area contributed by atoms with E-state index in [-0.39, 0.29) is 0 Å². The standard InChI is InChI=1S/C12H10N2.C4H8/c1-14-11-5-3-2-4-9(11)10-8-13-7-6-12(10)14;1-3-4-2/h2-8H,1H3;3H,1,4H2,2H3. The number of nitrogens with zero attached hydrogens (tertiary/aromatic N) is 2. The first-order chi connectivity index (χ1) is 8.79. The summed E-state index contributed by atoms with van der Waals surface area (Å²) in [6.45, 7) is 5.54. The van der Waals surface area contributed by atoms with Crippen LogP contribution in [-0.2, 0) is 7.05 Å². The number of allylic oxidation sites excluding steroid dienone is 1. The lowest BCUT2D eigenvalue weighted by molar-refractivity contribution is 1.01. The summed E-state index contributed by atoms with van der Waals surface area (Å²) in [6, 6.07) is 10.5. The van der Waals surface area contributed by atoms with E-state index >= 15 is 0 Å². The van der Waals surface area contributed by atoms with Gasteiger partial charge in [0, 0.05) is 35.7 Å². The summed E-state index contributed by atoms with van der Waals surface area (Å²) in [7, 11) is 2.09. The van der Waals surface area contributed by atoms with Crippen LogP contribution in [0.2, 0.25) is 0 Å². The Bertz CT molecular complexity index is 612. The number of aryl methyl sites for hydroxylation is 1. The van der Waals surface area contributed by atoms with Crippen LogP contribution in [0.4, 0.5) is 0 Å². The Balaban J connectivity index is 0.000000267. The highest BCUT2D eigenvalue weighted by Crippen LogP contribution is 2.26. The van der Waals surface area contributed by atoms with Crippen molar-refractivity contribution < 1.29 is 0 Å². The SMILES string of the molecule is C=CCC.Cn1c2ccccc2c2cnccc21. The zero-order valence-electron chi connectivity index (χ0n) is 10.9. The fourth-order valence-electron chi connectivity index (χ4n) is 2.01. The van der Waals surface area contributed by atoms with Gasteiger partial charge in [0.15, 0.2) is 0 Å². The molecule has 2 heterocycles. The Hall–Kier alpha value is -2.09. The van der Waals surface area contributed by atoms with Gasteiger partial charge < -0.3 is 4.57 Å². The molecule has 0 aliphatic rings. The zero-order valence-corrected chi connectivity index (χ0v) is 10.9. The van der Waals surface area contributed by atoms with E-state index in [1.807, 2.05) is 18.5 Å². The first-order valence-electron chi connectivity index (χ1n) is 6.17. The number of hydrogen-bond donors (Lipinski definition) is 0. The first-order valence-corrected chi connectivity index (χ1v) is 6.17. The second-order valence-corrected chi connectivity index (χ2v) is 4.17. The molecular formula is C16H18N2. The monoisotopic (exact) mass is 238 g/mol. The average molecular weight is 238 g/mol. The van der Waals surface area contributed by atoms with Crippen LogP contribution >= 0.6 is 0 Å². The molecule has 0 aliphatic carbocycles. The summed E-state index contributed by atoms with van der Waals surface area (Å²) >= 11 is 0. The van der Waals surface area contributed by atoms with Crippen LogP contribution in [0.15, 0.2) is 55.4 Å². The molecule has 2 aromatic heterocycles. The summed E-state index contributed by atoms with van der Waals surface area (Å²) in [5, 5.41) is 2.50.